The van der Waals surface area contributed by atoms with Crippen molar-refractivity contribution in [3.8, 4) is 5.75 Å². The summed E-state index contributed by atoms with van der Waals surface area (Å²) in [6.07, 6.45) is 5.09. The molecular weight excluding hydrogens is 412 g/mol. The molecule has 0 saturated carbocycles. The quantitative estimate of drug-likeness (QED) is 0.434. The first-order valence-corrected chi connectivity index (χ1v) is 10.9. The molecular formula is C21H32N8O3. The van der Waals surface area contributed by atoms with E-state index in [2.05, 4.69) is 32.1 Å². The molecule has 1 aromatic carbocycles. The van der Waals surface area contributed by atoms with Gasteiger partial charge in [0.2, 0.25) is 5.79 Å². The molecule has 3 aliphatic heterocycles. The molecule has 174 valence electrons. The number of piperazine rings is 1. The summed E-state index contributed by atoms with van der Waals surface area (Å²) >= 11 is 0. The summed E-state index contributed by atoms with van der Waals surface area (Å²) in [6.45, 7) is 5.82. The Morgan fingerprint density at radius 1 is 1.22 bits per heavy atom. The van der Waals surface area contributed by atoms with Gasteiger partial charge < -0.3 is 25.6 Å². The predicted octanol–water partition coefficient (Wildman–Crippen LogP) is 0.363. The maximum Gasteiger partial charge on any atom is 0.293 e. The molecule has 0 aliphatic carbocycles. The summed E-state index contributed by atoms with van der Waals surface area (Å²) in [5, 5.41) is 14.9. The van der Waals surface area contributed by atoms with Gasteiger partial charge in [0.25, 0.3) is 5.69 Å². The lowest BCUT2D eigenvalue weighted by atomic mass is 9.99. The van der Waals surface area contributed by atoms with Crippen LogP contribution in [0.15, 0.2) is 29.4 Å². The molecule has 4 rings (SSSR count). The average Bonchev–Trinajstić information content (AvgIpc) is 2.78. The lowest BCUT2D eigenvalue weighted by Gasteiger charge is -2.42. The SMILES string of the molecule is COc1cc(N2CCC(N3CCN(C)CC3)CC2)c([N+](=O)[O-])cc1C1(N)N=C(N)C=CN1. The van der Waals surface area contributed by atoms with Crippen molar-refractivity contribution in [1.82, 2.24) is 15.1 Å². The monoisotopic (exact) mass is 444 g/mol. The number of nitro groups is 1. The number of amidine groups is 1. The molecule has 1 unspecified atom stereocenters. The summed E-state index contributed by atoms with van der Waals surface area (Å²) in [5.41, 5.74) is 13.1. The Kier molecular flexibility index (Phi) is 6.22. The highest BCUT2D eigenvalue weighted by Crippen LogP contribution is 2.40. The Bertz CT molecular complexity index is 920. The summed E-state index contributed by atoms with van der Waals surface area (Å²) in [4.78, 5) is 22.9. The zero-order valence-corrected chi connectivity index (χ0v) is 18.7. The maximum atomic E-state index is 12.0. The predicted molar refractivity (Wildman–Crippen MR) is 124 cm³/mol. The average molecular weight is 445 g/mol. The molecule has 0 bridgehead atoms. The van der Waals surface area contributed by atoms with Crippen molar-refractivity contribution in [1.29, 1.82) is 0 Å². The van der Waals surface area contributed by atoms with E-state index in [1.165, 1.54) is 13.2 Å². The van der Waals surface area contributed by atoms with Gasteiger partial charge in [-0.15, -0.1) is 0 Å². The minimum atomic E-state index is -1.44. The van der Waals surface area contributed by atoms with Crippen molar-refractivity contribution in [3.63, 3.8) is 0 Å². The lowest BCUT2D eigenvalue weighted by Crippen LogP contribution is -2.52. The Hall–Kier alpha value is -2.89. The molecule has 11 nitrogen and oxygen atoms in total. The van der Waals surface area contributed by atoms with Crippen LogP contribution < -0.4 is 26.4 Å². The van der Waals surface area contributed by atoms with Gasteiger partial charge in [-0.2, -0.15) is 0 Å². The van der Waals surface area contributed by atoms with Crippen LogP contribution in [0.4, 0.5) is 11.4 Å². The fourth-order valence-electron chi connectivity index (χ4n) is 4.75. The summed E-state index contributed by atoms with van der Waals surface area (Å²) in [6, 6.07) is 3.66. The summed E-state index contributed by atoms with van der Waals surface area (Å²) in [7, 11) is 3.67. The van der Waals surface area contributed by atoms with E-state index in [1.54, 1.807) is 18.3 Å². The van der Waals surface area contributed by atoms with Crippen molar-refractivity contribution >= 4 is 17.2 Å². The number of anilines is 1. The minimum absolute atomic E-state index is 0.0196. The van der Waals surface area contributed by atoms with Gasteiger partial charge in [0.1, 0.15) is 17.3 Å². The van der Waals surface area contributed by atoms with Gasteiger partial charge >= 0.3 is 0 Å². The van der Waals surface area contributed by atoms with E-state index >= 15 is 0 Å². The Morgan fingerprint density at radius 3 is 2.50 bits per heavy atom. The highest BCUT2D eigenvalue weighted by atomic mass is 16.6. The third-order valence-electron chi connectivity index (χ3n) is 6.63. The smallest absolute Gasteiger partial charge is 0.293 e. The molecule has 3 heterocycles. The first kappa shape index (κ1) is 22.3. The van der Waals surface area contributed by atoms with Gasteiger partial charge in [0.05, 0.1) is 17.6 Å². The van der Waals surface area contributed by atoms with Crippen molar-refractivity contribution < 1.29 is 9.66 Å². The number of benzene rings is 1. The summed E-state index contributed by atoms with van der Waals surface area (Å²) < 4.78 is 5.58. The standard InChI is InChI=1S/C21H32N8O3/c1-26-9-11-27(12-10-26)15-4-7-28(8-5-15)17-14-19(32-2)16(13-18(17)29(30)31)21(23)24-6-3-20(22)25-21/h3,6,13-15,24H,4-5,7-12,23H2,1-2H3,(H2,22,25). The molecule has 1 aromatic rings. The number of ether oxygens (including phenoxy) is 1. The first-order valence-electron chi connectivity index (χ1n) is 10.9. The van der Waals surface area contributed by atoms with E-state index in [-0.39, 0.29) is 16.4 Å². The van der Waals surface area contributed by atoms with Gasteiger partial charge in [-0.25, -0.2) is 4.99 Å². The fourth-order valence-corrected chi connectivity index (χ4v) is 4.75. The number of nitrogens with two attached hydrogens (primary N) is 2. The number of nitrogens with zero attached hydrogens (tertiary/aromatic N) is 5. The van der Waals surface area contributed by atoms with Gasteiger partial charge in [-0.3, -0.25) is 20.7 Å². The molecule has 0 radical (unpaired) electrons. The van der Waals surface area contributed by atoms with Gasteiger partial charge in [-0.05, 0) is 26.0 Å². The number of hydrogen-bond acceptors (Lipinski definition) is 10. The van der Waals surface area contributed by atoms with Crippen molar-refractivity contribution in [2.24, 2.45) is 16.5 Å². The first-order chi connectivity index (χ1) is 15.3. The van der Waals surface area contributed by atoms with Crippen molar-refractivity contribution in [3.05, 3.63) is 40.1 Å². The van der Waals surface area contributed by atoms with E-state index in [1.807, 2.05) is 0 Å². The van der Waals surface area contributed by atoms with Gasteiger partial charge in [0, 0.05) is 63.6 Å². The molecule has 2 fully saturated rings. The third kappa shape index (κ3) is 4.36. The number of piperidine rings is 1. The van der Waals surface area contributed by atoms with Crippen molar-refractivity contribution in [2.75, 3.05) is 58.3 Å². The van der Waals surface area contributed by atoms with E-state index < -0.39 is 5.79 Å². The summed E-state index contributed by atoms with van der Waals surface area (Å²) in [5.74, 6) is -0.790. The second-order valence-electron chi connectivity index (χ2n) is 8.64. The molecule has 0 aromatic heterocycles. The molecule has 0 spiro atoms. The minimum Gasteiger partial charge on any atom is -0.496 e. The van der Waals surface area contributed by atoms with E-state index in [9.17, 15) is 10.1 Å². The Balaban J connectivity index is 1.58. The molecule has 5 N–H and O–H groups in total. The van der Waals surface area contributed by atoms with E-state index in [0.717, 1.165) is 52.1 Å². The fraction of sp³-hybridized carbons (Fsp3) is 0.571. The number of hydrogen-bond donors (Lipinski definition) is 3. The Labute approximate surface area is 187 Å². The molecule has 11 heteroatoms. The van der Waals surface area contributed by atoms with Crippen LogP contribution >= 0.6 is 0 Å². The normalized spacial score (nSPS) is 25.3. The van der Waals surface area contributed by atoms with Gasteiger partial charge in [0.15, 0.2) is 0 Å². The molecule has 0 amide bonds. The number of likely N-dealkylation sites (N-methyl/N-ethyl adjacent to an activating group) is 1. The molecule has 32 heavy (non-hydrogen) atoms. The highest BCUT2D eigenvalue weighted by Gasteiger charge is 2.36. The maximum absolute atomic E-state index is 12.0. The Morgan fingerprint density at radius 2 is 1.91 bits per heavy atom. The van der Waals surface area contributed by atoms with Crippen LogP contribution in [0.25, 0.3) is 0 Å². The number of nitrogens with one attached hydrogen (secondary N) is 1. The number of aliphatic imine (C=N–C) groups is 1. The second-order valence-corrected chi connectivity index (χ2v) is 8.64. The van der Waals surface area contributed by atoms with Crippen molar-refractivity contribution in [2.45, 2.75) is 24.7 Å². The van der Waals surface area contributed by atoms with E-state index in [4.69, 9.17) is 16.2 Å². The van der Waals surface area contributed by atoms with Crippen LogP contribution in [0, 0.1) is 10.1 Å². The lowest BCUT2D eigenvalue weighted by molar-refractivity contribution is -0.384. The van der Waals surface area contributed by atoms with Crippen LogP contribution in [0.5, 0.6) is 5.75 Å². The molecule has 3 aliphatic rings. The van der Waals surface area contributed by atoms with Crippen LogP contribution in [0.1, 0.15) is 18.4 Å². The number of nitro benzene ring substituents is 1. The second kappa shape index (κ2) is 8.93. The van der Waals surface area contributed by atoms with Gasteiger partial charge in [-0.1, -0.05) is 0 Å². The largest absolute Gasteiger partial charge is 0.496 e. The molecule has 2 saturated heterocycles. The highest BCUT2D eigenvalue weighted by molar-refractivity contribution is 5.92. The van der Waals surface area contributed by atoms with E-state index in [0.29, 0.717) is 23.0 Å². The van der Waals surface area contributed by atoms with Crippen LogP contribution in [0.3, 0.4) is 0 Å². The molecule has 1 atom stereocenters. The third-order valence-corrected chi connectivity index (χ3v) is 6.63. The zero-order chi connectivity index (χ0) is 22.9. The van der Waals surface area contributed by atoms with Crippen LogP contribution in [0.2, 0.25) is 0 Å². The number of rotatable bonds is 5. The number of methoxy groups -OCH3 is 1. The van der Waals surface area contributed by atoms with Crippen LogP contribution in [-0.2, 0) is 5.79 Å². The van der Waals surface area contributed by atoms with Crippen LogP contribution in [-0.4, -0.2) is 80.0 Å². The topological polar surface area (TPSA) is 139 Å². The zero-order valence-electron chi connectivity index (χ0n) is 18.7.